The molecule has 1 aliphatic rings. The van der Waals surface area contributed by atoms with Crippen molar-refractivity contribution in [3.8, 4) is 0 Å². The highest BCUT2D eigenvalue weighted by molar-refractivity contribution is 5.65. The van der Waals surface area contributed by atoms with Crippen LogP contribution in [0.1, 0.15) is 45.4 Å². The zero-order chi connectivity index (χ0) is 10.6. The minimum Gasteiger partial charge on any atom is -0.550 e. The molecule has 2 unspecified atom stereocenters. The summed E-state index contributed by atoms with van der Waals surface area (Å²) in [4.78, 5) is 10.7. The number of rotatable bonds is 4. The maximum Gasteiger partial charge on any atom is 0.0419 e. The molecule has 0 heterocycles. The van der Waals surface area contributed by atoms with E-state index in [4.69, 9.17) is 5.73 Å². The topological polar surface area (TPSA) is 66.1 Å². The van der Waals surface area contributed by atoms with E-state index in [1.165, 1.54) is 6.42 Å². The summed E-state index contributed by atoms with van der Waals surface area (Å²) in [6.07, 6.45) is 5.50. The Kier molecular flexibility index (Phi) is 3.93. The Morgan fingerprint density at radius 3 is 2.79 bits per heavy atom. The second kappa shape index (κ2) is 4.78. The second-order valence-electron chi connectivity index (χ2n) is 4.44. The Balaban J connectivity index is 2.75. The number of nitrogens with two attached hydrogens (primary N) is 1. The van der Waals surface area contributed by atoms with Gasteiger partial charge in [0.2, 0.25) is 0 Å². The summed E-state index contributed by atoms with van der Waals surface area (Å²) >= 11 is 0. The molecule has 82 valence electrons. The molecule has 0 aromatic carbocycles. The van der Waals surface area contributed by atoms with E-state index in [-0.39, 0.29) is 11.8 Å². The van der Waals surface area contributed by atoms with Crippen LogP contribution in [0.25, 0.3) is 0 Å². The van der Waals surface area contributed by atoms with Crippen LogP contribution in [0.5, 0.6) is 0 Å². The van der Waals surface area contributed by atoms with Crippen molar-refractivity contribution in [3.63, 3.8) is 0 Å². The van der Waals surface area contributed by atoms with E-state index in [2.05, 4.69) is 6.92 Å². The Hall–Kier alpha value is -0.570. The summed E-state index contributed by atoms with van der Waals surface area (Å²) in [5, 5.41) is 10.7. The van der Waals surface area contributed by atoms with Gasteiger partial charge in [0.25, 0.3) is 0 Å². The first-order chi connectivity index (χ1) is 6.64. The summed E-state index contributed by atoms with van der Waals surface area (Å²) in [5.41, 5.74) is 5.64. The average Bonchev–Trinajstić information content (AvgIpc) is 2.17. The van der Waals surface area contributed by atoms with Gasteiger partial charge in [-0.25, -0.2) is 0 Å². The lowest BCUT2D eigenvalue weighted by Crippen LogP contribution is -2.42. The quantitative estimate of drug-likeness (QED) is 0.722. The number of hydrogen-bond acceptors (Lipinski definition) is 3. The monoisotopic (exact) mass is 198 g/mol. The summed E-state index contributed by atoms with van der Waals surface area (Å²) in [5.74, 6) is -0.550. The number of hydrogen-bond donors (Lipinski definition) is 1. The van der Waals surface area contributed by atoms with E-state index >= 15 is 0 Å². The first-order valence-electron chi connectivity index (χ1n) is 5.54. The summed E-state index contributed by atoms with van der Waals surface area (Å²) < 4.78 is 0. The normalized spacial score (nSPS) is 32.9. The first-order valence-corrected chi connectivity index (χ1v) is 5.54. The van der Waals surface area contributed by atoms with Gasteiger partial charge < -0.3 is 15.6 Å². The Bertz CT molecular complexity index is 205. The molecule has 1 aliphatic carbocycles. The number of carbonyl (C=O) groups excluding carboxylic acids is 1. The van der Waals surface area contributed by atoms with Crippen molar-refractivity contribution in [3.05, 3.63) is 0 Å². The van der Waals surface area contributed by atoms with Crippen LogP contribution in [0.4, 0.5) is 0 Å². The van der Waals surface area contributed by atoms with Gasteiger partial charge in [-0.1, -0.05) is 19.8 Å². The molecule has 1 saturated carbocycles. The van der Waals surface area contributed by atoms with Crippen LogP contribution in [0, 0.1) is 11.3 Å². The molecule has 2 atom stereocenters. The number of carboxylic acids is 1. The van der Waals surface area contributed by atoms with Crippen LogP contribution in [-0.2, 0) is 4.79 Å². The number of carboxylic acid groups (broad SMARTS) is 1. The van der Waals surface area contributed by atoms with Crippen molar-refractivity contribution >= 4 is 5.97 Å². The van der Waals surface area contributed by atoms with Crippen molar-refractivity contribution in [2.75, 3.05) is 6.54 Å². The van der Waals surface area contributed by atoms with E-state index in [0.29, 0.717) is 12.5 Å². The third kappa shape index (κ3) is 2.27. The number of aliphatic carboxylic acids is 1. The smallest absolute Gasteiger partial charge is 0.0419 e. The van der Waals surface area contributed by atoms with Crippen LogP contribution in [0.3, 0.4) is 0 Å². The summed E-state index contributed by atoms with van der Waals surface area (Å²) in [7, 11) is 0. The van der Waals surface area contributed by atoms with Crippen LogP contribution >= 0.6 is 0 Å². The molecule has 1 rings (SSSR count). The fourth-order valence-electron chi connectivity index (χ4n) is 2.86. The fraction of sp³-hybridized carbons (Fsp3) is 0.909. The van der Waals surface area contributed by atoms with Crippen molar-refractivity contribution in [2.24, 2.45) is 17.1 Å². The van der Waals surface area contributed by atoms with Gasteiger partial charge in [0.05, 0.1) is 0 Å². The van der Waals surface area contributed by atoms with E-state index in [1.807, 2.05) is 0 Å². The molecular formula is C11H20NO2-. The van der Waals surface area contributed by atoms with Crippen molar-refractivity contribution in [2.45, 2.75) is 45.4 Å². The van der Waals surface area contributed by atoms with Gasteiger partial charge >= 0.3 is 0 Å². The van der Waals surface area contributed by atoms with E-state index in [9.17, 15) is 9.90 Å². The molecule has 3 nitrogen and oxygen atoms in total. The molecule has 0 spiro atoms. The largest absolute Gasteiger partial charge is 0.550 e. The minimum atomic E-state index is -0.924. The highest BCUT2D eigenvalue weighted by Gasteiger charge is 2.38. The third-order valence-electron chi connectivity index (χ3n) is 3.83. The predicted octanol–water partition coefficient (Wildman–Crippen LogP) is 0.672. The van der Waals surface area contributed by atoms with E-state index in [1.54, 1.807) is 0 Å². The Morgan fingerprint density at radius 2 is 2.29 bits per heavy atom. The lowest BCUT2D eigenvalue weighted by atomic mass is 9.63. The maximum atomic E-state index is 10.7. The van der Waals surface area contributed by atoms with Crippen LogP contribution < -0.4 is 10.8 Å². The van der Waals surface area contributed by atoms with Gasteiger partial charge in [0.15, 0.2) is 0 Å². The molecule has 2 N–H and O–H groups in total. The Labute approximate surface area is 85.7 Å². The first kappa shape index (κ1) is 11.5. The van der Waals surface area contributed by atoms with Gasteiger partial charge in [0, 0.05) is 5.97 Å². The molecule has 1 fully saturated rings. The molecule has 0 aliphatic heterocycles. The fourth-order valence-corrected chi connectivity index (χ4v) is 2.86. The van der Waals surface area contributed by atoms with Crippen LogP contribution in [0.15, 0.2) is 0 Å². The average molecular weight is 198 g/mol. The highest BCUT2D eigenvalue weighted by atomic mass is 16.4. The summed E-state index contributed by atoms with van der Waals surface area (Å²) in [6.45, 7) is 2.68. The molecular weight excluding hydrogens is 178 g/mol. The maximum absolute atomic E-state index is 10.7. The van der Waals surface area contributed by atoms with Crippen LogP contribution in [0.2, 0.25) is 0 Å². The van der Waals surface area contributed by atoms with Gasteiger partial charge in [-0.3, -0.25) is 0 Å². The predicted molar refractivity (Wildman–Crippen MR) is 53.4 cm³/mol. The van der Waals surface area contributed by atoms with Gasteiger partial charge in [-0.15, -0.1) is 0 Å². The Morgan fingerprint density at radius 1 is 1.57 bits per heavy atom. The molecule has 0 radical (unpaired) electrons. The van der Waals surface area contributed by atoms with E-state index in [0.717, 1.165) is 25.7 Å². The van der Waals surface area contributed by atoms with Gasteiger partial charge in [-0.05, 0) is 43.6 Å². The zero-order valence-electron chi connectivity index (χ0n) is 8.92. The van der Waals surface area contributed by atoms with Crippen molar-refractivity contribution < 1.29 is 9.90 Å². The van der Waals surface area contributed by atoms with E-state index < -0.39 is 5.97 Å². The van der Waals surface area contributed by atoms with Gasteiger partial charge in [0.1, 0.15) is 0 Å². The molecule has 0 bridgehead atoms. The third-order valence-corrected chi connectivity index (χ3v) is 3.83. The van der Waals surface area contributed by atoms with Crippen LogP contribution in [-0.4, -0.2) is 12.5 Å². The molecule has 0 aromatic rings. The molecule has 0 amide bonds. The standard InChI is InChI=1S/C11H21NO2/c1-2-11(7-10(13)14)6-4-3-5-9(11)8-12/h9H,2-8,12H2,1H3,(H,13,14)/p-1. The highest BCUT2D eigenvalue weighted by Crippen LogP contribution is 2.45. The van der Waals surface area contributed by atoms with Gasteiger partial charge in [-0.2, -0.15) is 0 Å². The SMILES string of the molecule is CCC1(CC(=O)[O-])CCCCC1CN. The molecule has 3 heteroatoms. The molecule has 14 heavy (non-hydrogen) atoms. The zero-order valence-corrected chi connectivity index (χ0v) is 8.92. The van der Waals surface area contributed by atoms with Crippen molar-refractivity contribution in [1.82, 2.24) is 0 Å². The minimum absolute atomic E-state index is 0.0775. The van der Waals surface area contributed by atoms with Crippen molar-refractivity contribution in [1.29, 1.82) is 0 Å². The second-order valence-corrected chi connectivity index (χ2v) is 4.44. The molecule has 0 saturated heterocycles. The number of carbonyl (C=O) groups is 1. The lowest BCUT2D eigenvalue weighted by Gasteiger charge is -2.44. The summed E-state index contributed by atoms with van der Waals surface area (Å²) in [6, 6.07) is 0. The lowest BCUT2D eigenvalue weighted by molar-refractivity contribution is -0.309. The molecule has 0 aromatic heterocycles.